The molecule has 0 fully saturated rings. The Balaban J connectivity index is 3.13. The summed E-state index contributed by atoms with van der Waals surface area (Å²) in [6.07, 6.45) is 1.24. The van der Waals surface area contributed by atoms with Crippen LogP contribution in [0.5, 0.6) is 11.5 Å². The van der Waals surface area contributed by atoms with Gasteiger partial charge in [-0.25, -0.2) is 9.59 Å². The van der Waals surface area contributed by atoms with Crippen molar-refractivity contribution in [3.05, 3.63) is 27.7 Å². The number of nitrogens with one attached hydrogen (secondary N) is 1. The zero-order chi connectivity index (χ0) is 19.7. The summed E-state index contributed by atoms with van der Waals surface area (Å²) in [5.74, 6) is -0.959. The Morgan fingerprint density at radius 3 is 2.58 bits per heavy atom. The number of imide groups is 1. The third-order valence-corrected chi connectivity index (χ3v) is 3.52. The van der Waals surface area contributed by atoms with E-state index in [0.29, 0.717) is 10.0 Å². The maximum absolute atomic E-state index is 11.7. The average Bonchev–Trinajstić information content (AvgIpc) is 2.58. The highest BCUT2D eigenvalue weighted by molar-refractivity contribution is 9.10. The molecule has 138 valence electrons. The standard InChI is InChI=1S/C16H16BrN3O6/c1-3-25-14(21)8-26-13-6-11(17)9(5-12(13)24-2)4-10(7-18)15(22)20-16(19)23/h4-6H,3,8H2,1-2H3,(H3,19,20,22,23)/b10-4-. The number of rotatable bonds is 7. The molecule has 0 aliphatic heterocycles. The van der Waals surface area contributed by atoms with Crippen LogP contribution in [0.25, 0.3) is 6.08 Å². The van der Waals surface area contributed by atoms with Crippen molar-refractivity contribution >= 4 is 39.9 Å². The van der Waals surface area contributed by atoms with Crippen molar-refractivity contribution < 1.29 is 28.6 Å². The number of esters is 1. The molecule has 0 radical (unpaired) electrons. The Morgan fingerprint density at radius 2 is 2.04 bits per heavy atom. The van der Waals surface area contributed by atoms with Gasteiger partial charge in [0.1, 0.15) is 11.6 Å². The molecule has 9 nitrogen and oxygen atoms in total. The Kier molecular flexibility index (Phi) is 8.11. The zero-order valence-electron chi connectivity index (χ0n) is 14.0. The molecule has 10 heteroatoms. The number of hydrogen-bond acceptors (Lipinski definition) is 7. The van der Waals surface area contributed by atoms with Crippen molar-refractivity contribution in [3.63, 3.8) is 0 Å². The highest BCUT2D eigenvalue weighted by atomic mass is 79.9. The van der Waals surface area contributed by atoms with Crippen LogP contribution in [0.2, 0.25) is 0 Å². The number of carbonyl (C=O) groups is 3. The van der Waals surface area contributed by atoms with Crippen LogP contribution in [-0.4, -0.2) is 38.2 Å². The molecule has 0 saturated carbocycles. The fourth-order valence-electron chi connectivity index (χ4n) is 1.76. The Hall–Kier alpha value is -3.06. The number of primary amides is 1. The highest BCUT2D eigenvalue weighted by Crippen LogP contribution is 2.34. The van der Waals surface area contributed by atoms with Gasteiger partial charge in [-0.2, -0.15) is 5.26 Å². The molecule has 0 aromatic heterocycles. The van der Waals surface area contributed by atoms with Gasteiger partial charge in [-0.15, -0.1) is 0 Å². The average molecular weight is 426 g/mol. The van der Waals surface area contributed by atoms with E-state index in [2.05, 4.69) is 15.9 Å². The number of methoxy groups -OCH3 is 1. The number of ether oxygens (including phenoxy) is 3. The van der Waals surface area contributed by atoms with E-state index in [1.54, 1.807) is 18.3 Å². The molecule has 0 saturated heterocycles. The second kappa shape index (κ2) is 10.0. The van der Waals surface area contributed by atoms with Gasteiger partial charge in [0.15, 0.2) is 18.1 Å². The molecule has 3 amide bonds. The molecule has 3 N–H and O–H groups in total. The van der Waals surface area contributed by atoms with Crippen molar-refractivity contribution in [2.24, 2.45) is 5.73 Å². The molecule has 0 atom stereocenters. The van der Waals surface area contributed by atoms with E-state index in [9.17, 15) is 14.4 Å². The van der Waals surface area contributed by atoms with Gasteiger partial charge in [0, 0.05) is 4.47 Å². The lowest BCUT2D eigenvalue weighted by Crippen LogP contribution is -2.35. The fraction of sp³-hybridized carbons (Fsp3) is 0.250. The number of nitriles is 1. The van der Waals surface area contributed by atoms with E-state index in [4.69, 9.17) is 25.2 Å². The van der Waals surface area contributed by atoms with E-state index < -0.39 is 17.9 Å². The maximum atomic E-state index is 11.7. The zero-order valence-corrected chi connectivity index (χ0v) is 15.6. The number of carbonyl (C=O) groups excluding carboxylic acids is 3. The topological polar surface area (TPSA) is 141 Å². The first-order chi connectivity index (χ1) is 12.3. The van der Waals surface area contributed by atoms with Gasteiger partial charge >= 0.3 is 12.0 Å². The fourth-order valence-corrected chi connectivity index (χ4v) is 2.19. The van der Waals surface area contributed by atoms with Gasteiger partial charge in [0.05, 0.1) is 13.7 Å². The van der Waals surface area contributed by atoms with Crippen LogP contribution < -0.4 is 20.5 Å². The van der Waals surface area contributed by atoms with Crippen LogP contribution in [0.1, 0.15) is 12.5 Å². The van der Waals surface area contributed by atoms with Gasteiger partial charge in [0.2, 0.25) is 0 Å². The molecule has 1 aromatic rings. The quantitative estimate of drug-likeness (QED) is 0.382. The van der Waals surface area contributed by atoms with Crippen LogP contribution >= 0.6 is 15.9 Å². The third-order valence-electron chi connectivity index (χ3n) is 2.84. The van der Waals surface area contributed by atoms with Crippen molar-refractivity contribution in [3.8, 4) is 17.6 Å². The van der Waals surface area contributed by atoms with E-state index in [1.807, 2.05) is 0 Å². The second-order valence-electron chi connectivity index (χ2n) is 4.61. The largest absolute Gasteiger partial charge is 0.493 e. The van der Waals surface area contributed by atoms with Gasteiger partial charge in [0.25, 0.3) is 5.91 Å². The Morgan fingerprint density at radius 1 is 1.35 bits per heavy atom. The van der Waals surface area contributed by atoms with Gasteiger partial charge in [-0.1, -0.05) is 15.9 Å². The summed E-state index contributed by atoms with van der Waals surface area (Å²) in [7, 11) is 1.39. The van der Waals surface area contributed by atoms with Gasteiger partial charge in [-0.05, 0) is 30.7 Å². The predicted octanol–water partition coefficient (Wildman–Crippen LogP) is 1.50. The molecule has 0 aliphatic carbocycles. The Labute approximate surface area is 157 Å². The maximum Gasteiger partial charge on any atom is 0.344 e. The lowest BCUT2D eigenvalue weighted by molar-refractivity contribution is -0.145. The first-order valence-electron chi connectivity index (χ1n) is 7.20. The monoisotopic (exact) mass is 425 g/mol. The molecule has 1 rings (SSSR count). The lowest BCUT2D eigenvalue weighted by Gasteiger charge is -2.12. The summed E-state index contributed by atoms with van der Waals surface area (Å²) < 4.78 is 15.8. The molecule has 0 heterocycles. The molecular weight excluding hydrogens is 410 g/mol. The van der Waals surface area contributed by atoms with E-state index >= 15 is 0 Å². The number of urea groups is 1. The second-order valence-corrected chi connectivity index (χ2v) is 5.46. The smallest absolute Gasteiger partial charge is 0.344 e. The van der Waals surface area contributed by atoms with Crippen LogP contribution in [0.15, 0.2) is 22.2 Å². The first kappa shape index (κ1) is 21.0. The molecule has 0 spiro atoms. The van der Waals surface area contributed by atoms with Crippen LogP contribution in [0.4, 0.5) is 4.79 Å². The SMILES string of the molecule is CCOC(=O)COc1cc(Br)c(/C=C(/C#N)C(=O)NC(N)=O)cc1OC. The summed E-state index contributed by atoms with van der Waals surface area (Å²) >= 11 is 3.28. The molecule has 0 aliphatic rings. The minimum absolute atomic E-state index is 0.233. The van der Waals surface area contributed by atoms with Crippen LogP contribution in [0.3, 0.4) is 0 Å². The van der Waals surface area contributed by atoms with Gasteiger partial charge in [-0.3, -0.25) is 10.1 Å². The molecular formula is C16H16BrN3O6. The number of nitrogens with two attached hydrogens (primary N) is 1. The minimum atomic E-state index is -1.07. The predicted molar refractivity (Wildman–Crippen MR) is 94.1 cm³/mol. The van der Waals surface area contributed by atoms with Gasteiger partial charge < -0.3 is 19.9 Å². The van der Waals surface area contributed by atoms with E-state index in [0.717, 1.165) is 0 Å². The van der Waals surface area contributed by atoms with E-state index in [1.165, 1.54) is 25.3 Å². The number of nitrogens with zero attached hydrogens (tertiary/aromatic N) is 1. The summed E-state index contributed by atoms with van der Waals surface area (Å²) in [4.78, 5) is 33.9. The first-order valence-corrected chi connectivity index (χ1v) is 8.00. The number of amides is 3. The van der Waals surface area contributed by atoms with Crippen molar-refractivity contribution in [1.82, 2.24) is 5.32 Å². The number of hydrogen-bond donors (Lipinski definition) is 2. The number of halogens is 1. The molecule has 0 bridgehead atoms. The highest BCUT2D eigenvalue weighted by Gasteiger charge is 2.15. The van der Waals surface area contributed by atoms with Crippen molar-refractivity contribution in [2.45, 2.75) is 6.92 Å². The summed E-state index contributed by atoms with van der Waals surface area (Å²) in [5, 5.41) is 10.9. The summed E-state index contributed by atoms with van der Waals surface area (Å²) in [6.45, 7) is 1.60. The van der Waals surface area contributed by atoms with Crippen LogP contribution in [0, 0.1) is 11.3 Å². The molecule has 0 unspecified atom stereocenters. The normalized spacial score (nSPS) is 10.5. The summed E-state index contributed by atoms with van der Waals surface area (Å²) in [6, 6.07) is 3.59. The Bertz CT molecular complexity index is 785. The minimum Gasteiger partial charge on any atom is -0.493 e. The van der Waals surface area contributed by atoms with Crippen molar-refractivity contribution in [1.29, 1.82) is 5.26 Å². The number of benzene rings is 1. The van der Waals surface area contributed by atoms with Crippen LogP contribution in [-0.2, 0) is 14.3 Å². The molecule has 1 aromatic carbocycles. The molecule has 26 heavy (non-hydrogen) atoms. The third kappa shape index (κ3) is 6.10. The van der Waals surface area contributed by atoms with Crippen molar-refractivity contribution in [2.75, 3.05) is 20.3 Å². The summed E-state index contributed by atoms with van der Waals surface area (Å²) in [5.41, 5.74) is 4.93. The van der Waals surface area contributed by atoms with E-state index in [-0.39, 0.29) is 30.3 Å². The lowest BCUT2D eigenvalue weighted by atomic mass is 10.1.